The zero-order valence-electron chi connectivity index (χ0n) is 11.1. The molecule has 0 aliphatic heterocycles. The van der Waals surface area contributed by atoms with Crippen LogP contribution in [0, 0.1) is 11.6 Å². The maximum Gasteiger partial charge on any atom is 0.262 e. The Kier molecular flexibility index (Phi) is 4.84. The fourth-order valence-electron chi connectivity index (χ4n) is 1.77. The molecular weight excluding hydrogens is 278 g/mol. The molecule has 1 amide bonds. The van der Waals surface area contributed by atoms with Crippen LogP contribution in [-0.4, -0.2) is 12.5 Å². The second kappa shape index (κ2) is 6.81. The molecule has 2 aromatic rings. The Hall–Kier alpha value is -2.47. The van der Waals surface area contributed by atoms with Crippen molar-refractivity contribution in [2.24, 2.45) is 5.73 Å². The van der Waals surface area contributed by atoms with Gasteiger partial charge in [-0.3, -0.25) is 4.79 Å². The lowest BCUT2D eigenvalue weighted by Gasteiger charge is -2.10. The standard InChI is InChI=1S/C15H14F2N2O2/c16-11-5-12(17)7-13(6-11)21-9-15(20)19-14-4-2-1-3-10(14)8-18/h1-7H,8-9,18H2,(H,19,20). The molecule has 0 bridgehead atoms. The zero-order chi connectivity index (χ0) is 15.2. The van der Waals surface area contributed by atoms with Crippen LogP contribution in [0.4, 0.5) is 14.5 Å². The lowest BCUT2D eigenvalue weighted by Crippen LogP contribution is -2.21. The predicted octanol–water partition coefficient (Wildman–Crippen LogP) is 2.44. The molecule has 6 heteroatoms. The highest BCUT2D eigenvalue weighted by Gasteiger charge is 2.08. The molecule has 2 aromatic carbocycles. The quantitative estimate of drug-likeness (QED) is 0.889. The molecule has 0 saturated heterocycles. The number of rotatable bonds is 5. The Morgan fingerprint density at radius 2 is 1.81 bits per heavy atom. The van der Waals surface area contributed by atoms with E-state index >= 15 is 0 Å². The van der Waals surface area contributed by atoms with Gasteiger partial charge in [0.1, 0.15) is 17.4 Å². The molecule has 3 N–H and O–H groups in total. The Morgan fingerprint density at radius 1 is 1.14 bits per heavy atom. The van der Waals surface area contributed by atoms with Gasteiger partial charge >= 0.3 is 0 Å². The van der Waals surface area contributed by atoms with Gasteiger partial charge in [0.25, 0.3) is 5.91 Å². The minimum absolute atomic E-state index is 0.0465. The van der Waals surface area contributed by atoms with E-state index in [1.165, 1.54) is 0 Å². The number of anilines is 1. The minimum atomic E-state index is -0.765. The molecule has 0 aromatic heterocycles. The van der Waals surface area contributed by atoms with E-state index in [1.807, 2.05) is 6.07 Å². The predicted molar refractivity (Wildman–Crippen MR) is 74.8 cm³/mol. The van der Waals surface area contributed by atoms with Crippen LogP contribution in [0.3, 0.4) is 0 Å². The van der Waals surface area contributed by atoms with E-state index < -0.39 is 17.5 Å². The van der Waals surface area contributed by atoms with Crippen LogP contribution in [-0.2, 0) is 11.3 Å². The summed E-state index contributed by atoms with van der Waals surface area (Å²) in [5.74, 6) is -2.02. The Labute approximate surface area is 120 Å². The van der Waals surface area contributed by atoms with Crippen molar-refractivity contribution in [3.05, 3.63) is 59.7 Å². The van der Waals surface area contributed by atoms with Gasteiger partial charge in [-0.25, -0.2) is 8.78 Å². The van der Waals surface area contributed by atoms with Crippen molar-refractivity contribution in [3.63, 3.8) is 0 Å². The van der Waals surface area contributed by atoms with E-state index in [2.05, 4.69) is 5.32 Å². The van der Waals surface area contributed by atoms with Gasteiger partial charge in [-0.2, -0.15) is 0 Å². The maximum atomic E-state index is 13.0. The van der Waals surface area contributed by atoms with E-state index in [4.69, 9.17) is 10.5 Å². The molecule has 2 rings (SSSR count). The summed E-state index contributed by atoms with van der Waals surface area (Å²) in [4.78, 5) is 11.8. The third kappa shape index (κ3) is 4.25. The van der Waals surface area contributed by atoms with Crippen LogP contribution in [0.25, 0.3) is 0 Å². The van der Waals surface area contributed by atoms with Gasteiger partial charge in [0.05, 0.1) is 0 Å². The van der Waals surface area contributed by atoms with Crippen LogP contribution in [0.5, 0.6) is 5.75 Å². The van der Waals surface area contributed by atoms with Gasteiger partial charge in [-0.05, 0) is 11.6 Å². The normalized spacial score (nSPS) is 10.2. The van der Waals surface area contributed by atoms with Gasteiger partial charge < -0.3 is 15.8 Å². The minimum Gasteiger partial charge on any atom is -0.484 e. The molecule has 0 spiro atoms. The molecule has 0 aliphatic rings. The number of carbonyl (C=O) groups excluding carboxylic acids is 1. The van der Waals surface area contributed by atoms with Crippen molar-refractivity contribution in [2.45, 2.75) is 6.54 Å². The summed E-state index contributed by atoms with van der Waals surface area (Å²) < 4.78 is 31.0. The molecule has 0 heterocycles. The smallest absolute Gasteiger partial charge is 0.262 e. The summed E-state index contributed by atoms with van der Waals surface area (Å²) in [7, 11) is 0. The molecular formula is C15H14F2N2O2. The second-order valence-corrected chi connectivity index (χ2v) is 4.30. The van der Waals surface area contributed by atoms with Crippen molar-refractivity contribution in [3.8, 4) is 5.75 Å². The first-order valence-corrected chi connectivity index (χ1v) is 6.25. The highest BCUT2D eigenvalue weighted by molar-refractivity contribution is 5.92. The summed E-state index contributed by atoms with van der Waals surface area (Å²) in [5, 5.41) is 2.63. The summed E-state index contributed by atoms with van der Waals surface area (Å²) in [6, 6.07) is 9.81. The first-order valence-electron chi connectivity index (χ1n) is 6.25. The summed E-state index contributed by atoms with van der Waals surface area (Å²) in [6.45, 7) is -0.0752. The molecule has 0 fully saturated rings. The van der Waals surface area contributed by atoms with Crippen molar-refractivity contribution >= 4 is 11.6 Å². The number of hydrogen-bond acceptors (Lipinski definition) is 3. The highest BCUT2D eigenvalue weighted by Crippen LogP contribution is 2.16. The van der Waals surface area contributed by atoms with Crippen LogP contribution < -0.4 is 15.8 Å². The Morgan fingerprint density at radius 3 is 2.48 bits per heavy atom. The summed E-state index contributed by atoms with van der Waals surface area (Å²) in [6.07, 6.45) is 0. The number of benzene rings is 2. The fraction of sp³-hybridized carbons (Fsp3) is 0.133. The van der Waals surface area contributed by atoms with Crippen molar-refractivity contribution < 1.29 is 18.3 Å². The first-order chi connectivity index (χ1) is 10.1. The fourth-order valence-corrected chi connectivity index (χ4v) is 1.77. The van der Waals surface area contributed by atoms with Crippen LogP contribution in [0.1, 0.15) is 5.56 Å². The van der Waals surface area contributed by atoms with Crippen molar-refractivity contribution in [2.75, 3.05) is 11.9 Å². The number of para-hydroxylation sites is 1. The van der Waals surface area contributed by atoms with Gasteiger partial charge in [-0.1, -0.05) is 18.2 Å². The summed E-state index contributed by atoms with van der Waals surface area (Å²) >= 11 is 0. The van der Waals surface area contributed by atoms with Gasteiger partial charge in [0, 0.05) is 30.4 Å². The molecule has 0 saturated carbocycles. The number of carbonyl (C=O) groups is 1. The van der Waals surface area contributed by atoms with E-state index in [0.717, 1.165) is 23.8 Å². The highest BCUT2D eigenvalue weighted by atomic mass is 19.1. The number of nitrogens with two attached hydrogens (primary N) is 1. The molecule has 110 valence electrons. The second-order valence-electron chi connectivity index (χ2n) is 4.30. The Balaban J connectivity index is 1.96. The zero-order valence-corrected chi connectivity index (χ0v) is 11.1. The summed E-state index contributed by atoms with van der Waals surface area (Å²) in [5.41, 5.74) is 6.92. The van der Waals surface area contributed by atoms with Gasteiger partial charge in [0.2, 0.25) is 0 Å². The third-order valence-corrected chi connectivity index (χ3v) is 2.72. The lowest BCUT2D eigenvalue weighted by molar-refractivity contribution is -0.118. The number of amides is 1. The molecule has 0 radical (unpaired) electrons. The Bertz CT molecular complexity index is 627. The van der Waals surface area contributed by atoms with Gasteiger partial charge in [-0.15, -0.1) is 0 Å². The van der Waals surface area contributed by atoms with E-state index in [0.29, 0.717) is 5.69 Å². The number of halogens is 2. The monoisotopic (exact) mass is 292 g/mol. The molecule has 21 heavy (non-hydrogen) atoms. The molecule has 0 atom stereocenters. The van der Waals surface area contributed by atoms with E-state index in [-0.39, 0.29) is 18.9 Å². The molecule has 4 nitrogen and oxygen atoms in total. The number of nitrogens with one attached hydrogen (secondary N) is 1. The van der Waals surface area contributed by atoms with E-state index in [9.17, 15) is 13.6 Å². The van der Waals surface area contributed by atoms with Crippen molar-refractivity contribution in [1.82, 2.24) is 0 Å². The van der Waals surface area contributed by atoms with E-state index in [1.54, 1.807) is 18.2 Å². The third-order valence-electron chi connectivity index (χ3n) is 2.72. The largest absolute Gasteiger partial charge is 0.484 e. The van der Waals surface area contributed by atoms with Gasteiger partial charge in [0.15, 0.2) is 6.61 Å². The average molecular weight is 292 g/mol. The number of ether oxygens (including phenoxy) is 1. The van der Waals surface area contributed by atoms with Crippen molar-refractivity contribution in [1.29, 1.82) is 0 Å². The topological polar surface area (TPSA) is 64.3 Å². The van der Waals surface area contributed by atoms with Crippen LogP contribution in [0.15, 0.2) is 42.5 Å². The number of hydrogen-bond donors (Lipinski definition) is 2. The first kappa shape index (κ1) is 14.9. The average Bonchev–Trinajstić information content (AvgIpc) is 2.45. The maximum absolute atomic E-state index is 13.0. The van der Waals surface area contributed by atoms with Crippen LogP contribution >= 0.6 is 0 Å². The lowest BCUT2D eigenvalue weighted by atomic mass is 10.2. The molecule has 0 aliphatic carbocycles. The molecule has 0 unspecified atom stereocenters. The van der Waals surface area contributed by atoms with Crippen LogP contribution in [0.2, 0.25) is 0 Å². The SMILES string of the molecule is NCc1ccccc1NC(=O)COc1cc(F)cc(F)c1.